The van der Waals surface area contributed by atoms with Crippen molar-refractivity contribution in [1.82, 2.24) is 9.80 Å². The van der Waals surface area contributed by atoms with Crippen LogP contribution in [0.4, 0.5) is 0 Å². The first kappa shape index (κ1) is 14.7. The molecule has 0 bridgehead atoms. The predicted molar refractivity (Wildman–Crippen MR) is 87.4 cm³/mol. The van der Waals surface area contributed by atoms with E-state index in [1.807, 2.05) is 48.5 Å². The molecule has 0 saturated heterocycles. The second-order valence-corrected chi connectivity index (χ2v) is 5.55. The molecule has 112 valence electrons. The van der Waals surface area contributed by atoms with Crippen LogP contribution in [0.2, 0.25) is 0 Å². The lowest BCUT2D eigenvalue weighted by molar-refractivity contribution is 0.255. The molecule has 1 aliphatic heterocycles. The normalized spacial score (nSPS) is 13.0. The third kappa shape index (κ3) is 3.70. The minimum absolute atomic E-state index is 0.688. The molecule has 0 fully saturated rings. The van der Waals surface area contributed by atoms with Crippen molar-refractivity contribution in [3.63, 3.8) is 0 Å². The first-order valence-corrected chi connectivity index (χ1v) is 7.41. The zero-order valence-electron chi connectivity index (χ0n) is 12.7. The molecule has 1 aliphatic rings. The summed E-state index contributed by atoms with van der Waals surface area (Å²) in [7, 11) is 0. The van der Waals surface area contributed by atoms with Crippen molar-refractivity contribution in [3.8, 4) is 12.1 Å². The van der Waals surface area contributed by atoms with Gasteiger partial charge >= 0.3 is 0 Å². The molecule has 1 heterocycles. The first-order valence-electron chi connectivity index (χ1n) is 7.41. The van der Waals surface area contributed by atoms with E-state index in [1.165, 1.54) is 11.1 Å². The number of hydrogen-bond acceptors (Lipinski definition) is 4. The fourth-order valence-electron chi connectivity index (χ4n) is 2.56. The van der Waals surface area contributed by atoms with Crippen molar-refractivity contribution in [1.29, 1.82) is 10.5 Å². The molecule has 0 radical (unpaired) electrons. The van der Waals surface area contributed by atoms with Crippen molar-refractivity contribution >= 4 is 0 Å². The van der Waals surface area contributed by atoms with Gasteiger partial charge in [0.25, 0.3) is 0 Å². The zero-order valence-corrected chi connectivity index (χ0v) is 12.7. The minimum Gasteiger partial charge on any atom is -0.354 e. The molecule has 0 N–H and O–H groups in total. The highest BCUT2D eigenvalue weighted by Gasteiger charge is 2.12. The SMILES string of the molecule is N#Cc1ccc(CN2C=CN(Cc3ccc(C#N)cc3)C2)cc1. The van der Waals surface area contributed by atoms with Crippen molar-refractivity contribution in [2.45, 2.75) is 13.1 Å². The van der Waals surface area contributed by atoms with Crippen LogP contribution in [0.15, 0.2) is 60.9 Å². The quantitative estimate of drug-likeness (QED) is 0.870. The van der Waals surface area contributed by atoms with Crippen LogP contribution >= 0.6 is 0 Å². The maximum Gasteiger partial charge on any atom is 0.0991 e. The van der Waals surface area contributed by atoms with E-state index in [9.17, 15) is 0 Å². The second-order valence-electron chi connectivity index (χ2n) is 5.55. The summed E-state index contributed by atoms with van der Waals surface area (Å²) >= 11 is 0. The molecule has 0 aliphatic carbocycles. The lowest BCUT2D eigenvalue weighted by Gasteiger charge is -2.21. The van der Waals surface area contributed by atoms with E-state index < -0.39 is 0 Å². The molecule has 2 aromatic rings. The average molecular weight is 300 g/mol. The van der Waals surface area contributed by atoms with Crippen LogP contribution in [-0.4, -0.2) is 16.5 Å². The first-order chi connectivity index (χ1) is 11.3. The summed E-state index contributed by atoms with van der Waals surface area (Å²) in [6.07, 6.45) is 4.17. The van der Waals surface area contributed by atoms with Gasteiger partial charge in [0, 0.05) is 25.5 Å². The lowest BCUT2D eigenvalue weighted by Crippen LogP contribution is -2.24. The van der Waals surface area contributed by atoms with Crippen molar-refractivity contribution in [2.24, 2.45) is 0 Å². The Morgan fingerprint density at radius 2 is 1.09 bits per heavy atom. The molecule has 0 atom stereocenters. The molecular formula is C19H16N4. The smallest absolute Gasteiger partial charge is 0.0991 e. The fourth-order valence-corrected chi connectivity index (χ4v) is 2.56. The number of nitriles is 2. The summed E-state index contributed by atoms with van der Waals surface area (Å²) in [5.74, 6) is 0. The minimum atomic E-state index is 0.688. The van der Waals surface area contributed by atoms with Gasteiger partial charge in [0.15, 0.2) is 0 Å². The molecule has 23 heavy (non-hydrogen) atoms. The zero-order chi connectivity index (χ0) is 16.1. The number of nitrogens with zero attached hydrogens (tertiary/aromatic N) is 4. The summed E-state index contributed by atoms with van der Waals surface area (Å²) < 4.78 is 0. The number of rotatable bonds is 4. The molecule has 0 saturated carbocycles. The van der Waals surface area contributed by atoms with Gasteiger partial charge < -0.3 is 9.80 Å². The van der Waals surface area contributed by atoms with E-state index in [4.69, 9.17) is 10.5 Å². The Morgan fingerprint density at radius 1 is 0.696 bits per heavy atom. The monoisotopic (exact) mass is 300 g/mol. The van der Waals surface area contributed by atoms with Crippen LogP contribution in [-0.2, 0) is 13.1 Å². The van der Waals surface area contributed by atoms with Gasteiger partial charge in [-0.25, -0.2) is 0 Å². The molecule has 0 amide bonds. The Balaban J connectivity index is 1.55. The molecule has 0 spiro atoms. The van der Waals surface area contributed by atoms with E-state index in [2.05, 4.69) is 34.3 Å². The van der Waals surface area contributed by atoms with Gasteiger partial charge in [-0.05, 0) is 35.4 Å². The van der Waals surface area contributed by atoms with Crippen LogP contribution in [0.5, 0.6) is 0 Å². The van der Waals surface area contributed by atoms with E-state index >= 15 is 0 Å². The summed E-state index contributed by atoms with van der Waals surface area (Å²) in [6, 6.07) is 19.7. The van der Waals surface area contributed by atoms with Gasteiger partial charge in [-0.3, -0.25) is 0 Å². The Morgan fingerprint density at radius 3 is 1.43 bits per heavy atom. The largest absolute Gasteiger partial charge is 0.354 e. The van der Waals surface area contributed by atoms with Gasteiger partial charge in [0.1, 0.15) is 0 Å². The second kappa shape index (κ2) is 6.68. The van der Waals surface area contributed by atoms with Crippen LogP contribution < -0.4 is 0 Å². The molecule has 0 aromatic heterocycles. The number of hydrogen-bond donors (Lipinski definition) is 0. The van der Waals surface area contributed by atoms with Crippen LogP contribution in [0.3, 0.4) is 0 Å². The van der Waals surface area contributed by atoms with Gasteiger partial charge in [0.2, 0.25) is 0 Å². The summed E-state index contributed by atoms with van der Waals surface area (Å²) in [5.41, 5.74) is 3.75. The van der Waals surface area contributed by atoms with E-state index in [1.54, 1.807) is 0 Å². The van der Waals surface area contributed by atoms with Crippen LogP contribution in [0, 0.1) is 22.7 Å². The summed E-state index contributed by atoms with van der Waals surface area (Å²) in [6.45, 7) is 2.48. The van der Waals surface area contributed by atoms with Gasteiger partial charge in [-0.2, -0.15) is 10.5 Å². The number of benzene rings is 2. The predicted octanol–water partition coefficient (Wildman–Crippen LogP) is 3.18. The van der Waals surface area contributed by atoms with Crippen LogP contribution in [0.1, 0.15) is 22.3 Å². The Kier molecular flexibility index (Phi) is 4.27. The van der Waals surface area contributed by atoms with E-state index in [0.717, 1.165) is 19.8 Å². The van der Waals surface area contributed by atoms with E-state index in [0.29, 0.717) is 11.1 Å². The highest BCUT2D eigenvalue weighted by molar-refractivity contribution is 5.32. The average Bonchev–Trinajstić information content (AvgIpc) is 3.03. The van der Waals surface area contributed by atoms with Gasteiger partial charge in [-0.15, -0.1) is 0 Å². The van der Waals surface area contributed by atoms with Crippen molar-refractivity contribution < 1.29 is 0 Å². The maximum absolute atomic E-state index is 8.82. The van der Waals surface area contributed by atoms with E-state index in [-0.39, 0.29) is 0 Å². The Hall–Kier alpha value is -3.24. The Labute approximate surface area is 136 Å². The van der Waals surface area contributed by atoms with Gasteiger partial charge in [-0.1, -0.05) is 24.3 Å². The fraction of sp³-hybridized carbons (Fsp3) is 0.158. The third-order valence-electron chi connectivity index (χ3n) is 3.79. The van der Waals surface area contributed by atoms with Crippen molar-refractivity contribution in [2.75, 3.05) is 6.67 Å². The highest BCUT2D eigenvalue weighted by Crippen LogP contribution is 2.15. The van der Waals surface area contributed by atoms with Crippen molar-refractivity contribution in [3.05, 3.63) is 83.2 Å². The van der Waals surface area contributed by atoms with Gasteiger partial charge in [0.05, 0.1) is 29.9 Å². The maximum atomic E-state index is 8.82. The topological polar surface area (TPSA) is 54.1 Å². The molecular weight excluding hydrogens is 284 g/mol. The summed E-state index contributed by atoms with van der Waals surface area (Å²) in [4.78, 5) is 4.45. The summed E-state index contributed by atoms with van der Waals surface area (Å²) in [5, 5.41) is 17.6. The molecule has 4 heteroatoms. The van der Waals surface area contributed by atoms with Crippen LogP contribution in [0.25, 0.3) is 0 Å². The molecule has 4 nitrogen and oxygen atoms in total. The molecule has 2 aromatic carbocycles. The third-order valence-corrected chi connectivity index (χ3v) is 3.79. The molecule has 3 rings (SSSR count). The molecule has 0 unspecified atom stereocenters. The standard InChI is InChI=1S/C19H16N4/c20-11-16-1-5-18(6-2-16)13-22-9-10-23(15-22)14-19-7-3-17(12-21)4-8-19/h1-10H,13-15H2. The lowest BCUT2D eigenvalue weighted by atomic mass is 10.1. The Bertz CT molecular complexity index is 709. The highest BCUT2D eigenvalue weighted by atomic mass is 15.3.